The summed E-state index contributed by atoms with van der Waals surface area (Å²) in [6, 6.07) is 7.90. The van der Waals surface area contributed by atoms with E-state index in [0.29, 0.717) is 15.8 Å². The Morgan fingerprint density at radius 2 is 2.12 bits per heavy atom. The minimum absolute atomic E-state index is 0.313. The summed E-state index contributed by atoms with van der Waals surface area (Å²) in [5.74, 6) is 1.22. The molecule has 2 rings (SSSR count). The lowest BCUT2D eigenvalue weighted by Gasteiger charge is -2.10. The van der Waals surface area contributed by atoms with Crippen molar-refractivity contribution in [3.63, 3.8) is 0 Å². The maximum absolute atomic E-state index is 13.3. The molecule has 0 amide bonds. The van der Waals surface area contributed by atoms with Crippen molar-refractivity contribution >= 4 is 15.9 Å². The number of nitrogens with two attached hydrogens (primary N) is 1. The topological polar surface area (TPSA) is 39.2 Å². The Hall–Kier alpha value is -1.13. The van der Waals surface area contributed by atoms with Gasteiger partial charge in [0.15, 0.2) is 0 Å². The Morgan fingerprint density at radius 3 is 2.71 bits per heavy atom. The maximum Gasteiger partial charge on any atom is 0.125 e. The SMILES string of the molecule is CCc1ccc(C(N)c2cc(F)cc(Br)c2)o1. The molecule has 90 valence electrons. The molecule has 0 spiro atoms. The van der Waals surface area contributed by atoms with Crippen LogP contribution in [-0.2, 0) is 6.42 Å². The number of hydrogen-bond acceptors (Lipinski definition) is 2. The molecule has 1 atom stereocenters. The zero-order valence-corrected chi connectivity index (χ0v) is 11.0. The van der Waals surface area contributed by atoms with Gasteiger partial charge in [-0.15, -0.1) is 0 Å². The van der Waals surface area contributed by atoms with Crippen LogP contribution in [0.5, 0.6) is 0 Å². The molecule has 2 nitrogen and oxygen atoms in total. The summed E-state index contributed by atoms with van der Waals surface area (Å²) in [6.45, 7) is 2.01. The summed E-state index contributed by atoms with van der Waals surface area (Å²) >= 11 is 3.25. The van der Waals surface area contributed by atoms with Crippen molar-refractivity contribution in [3.8, 4) is 0 Å². The minimum atomic E-state index is -0.442. The number of halogens is 2. The van der Waals surface area contributed by atoms with Crippen molar-refractivity contribution in [1.82, 2.24) is 0 Å². The van der Waals surface area contributed by atoms with E-state index in [1.807, 2.05) is 19.1 Å². The molecule has 1 heterocycles. The summed E-state index contributed by atoms with van der Waals surface area (Å²) in [5, 5.41) is 0. The van der Waals surface area contributed by atoms with Gasteiger partial charge in [-0.2, -0.15) is 0 Å². The number of furan rings is 1. The molecule has 0 bridgehead atoms. The van der Waals surface area contributed by atoms with E-state index in [1.54, 1.807) is 6.07 Å². The summed E-state index contributed by atoms with van der Waals surface area (Å²) in [5.41, 5.74) is 6.73. The van der Waals surface area contributed by atoms with Crippen LogP contribution in [0.25, 0.3) is 0 Å². The summed E-state index contributed by atoms with van der Waals surface area (Å²) < 4.78 is 19.5. The first-order chi connectivity index (χ1) is 8.10. The zero-order chi connectivity index (χ0) is 12.4. The van der Waals surface area contributed by atoms with Crippen molar-refractivity contribution in [3.05, 3.63) is 57.7 Å². The van der Waals surface area contributed by atoms with Gasteiger partial charge in [-0.1, -0.05) is 22.9 Å². The lowest BCUT2D eigenvalue weighted by atomic mass is 10.1. The van der Waals surface area contributed by atoms with E-state index in [0.717, 1.165) is 12.2 Å². The van der Waals surface area contributed by atoms with Crippen LogP contribution in [0.3, 0.4) is 0 Å². The number of hydrogen-bond donors (Lipinski definition) is 1. The van der Waals surface area contributed by atoms with Crippen molar-refractivity contribution in [2.75, 3.05) is 0 Å². The van der Waals surface area contributed by atoms with Gasteiger partial charge < -0.3 is 10.2 Å². The molecule has 1 aromatic carbocycles. The quantitative estimate of drug-likeness (QED) is 0.936. The van der Waals surface area contributed by atoms with E-state index in [9.17, 15) is 4.39 Å². The predicted octanol–water partition coefficient (Wildman–Crippen LogP) is 3.79. The van der Waals surface area contributed by atoms with Crippen molar-refractivity contribution < 1.29 is 8.81 Å². The Labute approximate surface area is 108 Å². The van der Waals surface area contributed by atoms with E-state index in [1.165, 1.54) is 12.1 Å². The lowest BCUT2D eigenvalue weighted by Crippen LogP contribution is -2.11. The van der Waals surface area contributed by atoms with E-state index < -0.39 is 6.04 Å². The lowest BCUT2D eigenvalue weighted by molar-refractivity contribution is 0.453. The molecule has 0 aliphatic heterocycles. The summed E-state index contributed by atoms with van der Waals surface area (Å²) in [6.07, 6.45) is 0.819. The van der Waals surface area contributed by atoms with Gasteiger partial charge in [0.25, 0.3) is 0 Å². The maximum atomic E-state index is 13.3. The first-order valence-electron chi connectivity index (χ1n) is 5.40. The Balaban J connectivity index is 2.32. The molecule has 0 aliphatic rings. The van der Waals surface area contributed by atoms with Crippen LogP contribution in [-0.4, -0.2) is 0 Å². The van der Waals surface area contributed by atoms with E-state index in [-0.39, 0.29) is 5.82 Å². The van der Waals surface area contributed by atoms with Gasteiger partial charge in [0.1, 0.15) is 17.3 Å². The fourth-order valence-electron chi connectivity index (χ4n) is 1.67. The Bertz CT molecular complexity index is 504. The summed E-state index contributed by atoms with van der Waals surface area (Å²) in [7, 11) is 0. The second-order valence-electron chi connectivity index (χ2n) is 3.84. The molecule has 0 fully saturated rings. The smallest absolute Gasteiger partial charge is 0.125 e. The van der Waals surface area contributed by atoms with Crippen LogP contribution in [0, 0.1) is 5.82 Å². The van der Waals surface area contributed by atoms with E-state index >= 15 is 0 Å². The van der Waals surface area contributed by atoms with Crippen LogP contribution in [0.2, 0.25) is 0 Å². The van der Waals surface area contributed by atoms with Crippen LogP contribution >= 0.6 is 15.9 Å². The summed E-state index contributed by atoms with van der Waals surface area (Å²) in [4.78, 5) is 0. The van der Waals surface area contributed by atoms with Gasteiger partial charge in [0.2, 0.25) is 0 Å². The number of benzene rings is 1. The van der Waals surface area contributed by atoms with Gasteiger partial charge in [-0.25, -0.2) is 4.39 Å². The average molecular weight is 298 g/mol. The van der Waals surface area contributed by atoms with Crippen LogP contribution in [0.1, 0.15) is 30.0 Å². The minimum Gasteiger partial charge on any atom is -0.464 e. The normalized spacial score (nSPS) is 12.7. The molecule has 1 aromatic heterocycles. The molecular formula is C13H13BrFNO. The van der Waals surface area contributed by atoms with Crippen molar-refractivity contribution in [2.24, 2.45) is 5.73 Å². The third kappa shape index (κ3) is 2.76. The standard InChI is InChI=1S/C13H13BrFNO/c1-2-11-3-4-12(17-11)13(16)8-5-9(14)7-10(15)6-8/h3-7,13H,2,16H2,1H3. The highest BCUT2D eigenvalue weighted by Gasteiger charge is 2.14. The van der Waals surface area contributed by atoms with Crippen LogP contribution in [0.15, 0.2) is 39.2 Å². The molecule has 2 N–H and O–H groups in total. The van der Waals surface area contributed by atoms with Crippen molar-refractivity contribution in [2.45, 2.75) is 19.4 Å². The van der Waals surface area contributed by atoms with Gasteiger partial charge in [-0.05, 0) is 35.9 Å². The van der Waals surface area contributed by atoms with Gasteiger partial charge in [-0.3, -0.25) is 0 Å². The molecule has 17 heavy (non-hydrogen) atoms. The highest BCUT2D eigenvalue weighted by atomic mass is 79.9. The fraction of sp³-hybridized carbons (Fsp3) is 0.231. The monoisotopic (exact) mass is 297 g/mol. The van der Waals surface area contributed by atoms with Crippen LogP contribution < -0.4 is 5.73 Å². The third-order valence-corrected chi connectivity index (χ3v) is 3.04. The number of rotatable bonds is 3. The molecule has 0 aliphatic carbocycles. The molecule has 1 unspecified atom stereocenters. The average Bonchev–Trinajstić information content (AvgIpc) is 2.75. The first kappa shape index (κ1) is 12.3. The third-order valence-electron chi connectivity index (χ3n) is 2.58. The van der Waals surface area contributed by atoms with E-state index in [2.05, 4.69) is 15.9 Å². The molecule has 4 heteroatoms. The second-order valence-corrected chi connectivity index (χ2v) is 4.75. The Morgan fingerprint density at radius 1 is 1.35 bits per heavy atom. The zero-order valence-electron chi connectivity index (χ0n) is 9.41. The van der Waals surface area contributed by atoms with Crippen molar-refractivity contribution in [1.29, 1.82) is 0 Å². The van der Waals surface area contributed by atoms with Crippen LogP contribution in [0.4, 0.5) is 4.39 Å². The molecule has 0 saturated heterocycles. The molecule has 0 radical (unpaired) electrons. The highest BCUT2D eigenvalue weighted by molar-refractivity contribution is 9.10. The van der Waals surface area contributed by atoms with E-state index in [4.69, 9.17) is 10.2 Å². The molecule has 0 saturated carbocycles. The molecular weight excluding hydrogens is 285 g/mol. The number of aryl methyl sites for hydroxylation is 1. The Kier molecular flexibility index (Phi) is 3.64. The largest absolute Gasteiger partial charge is 0.464 e. The first-order valence-corrected chi connectivity index (χ1v) is 6.19. The predicted molar refractivity (Wildman–Crippen MR) is 68.2 cm³/mol. The highest BCUT2D eigenvalue weighted by Crippen LogP contribution is 2.25. The van der Waals surface area contributed by atoms with Gasteiger partial charge >= 0.3 is 0 Å². The fourth-order valence-corrected chi connectivity index (χ4v) is 2.15. The second kappa shape index (κ2) is 5.02. The molecule has 2 aromatic rings. The van der Waals surface area contributed by atoms with Gasteiger partial charge in [0, 0.05) is 10.9 Å². The van der Waals surface area contributed by atoms with Gasteiger partial charge in [0.05, 0.1) is 6.04 Å².